The SMILES string of the molecule is CN1CCC(N(C)C(=O)C(=O)Nc2ccc3c(c2)OCO3)CC1. The number of carbonyl (C=O) groups excluding carboxylic acids is 2. The quantitative estimate of drug-likeness (QED) is 0.820. The van der Waals surface area contributed by atoms with Crippen molar-refractivity contribution in [1.82, 2.24) is 9.80 Å². The van der Waals surface area contributed by atoms with Crippen LogP contribution in [0.4, 0.5) is 5.69 Å². The number of benzene rings is 1. The summed E-state index contributed by atoms with van der Waals surface area (Å²) in [6, 6.07) is 5.17. The van der Waals surface area contributed by atoms with E-state index >= 15 is 0 Å². The van der Waals surface area contributed by atoms with Gasteiger partial charge in [-0.3, -0.25) is 9.59 Å². The van der Waals surface area contributed by atoms with Crippen molar-refractivity contribution in [2.45, 2.75) is 18.9 Å². The molecule has 2 amide bonds. The van der Waals surface area contributed by atoms with E-state index in [1.165, 1.54) is 0 Å². The van der Waals surface area contributed by atoms with Crippen molar-refractivity contribution < 1.29 is 19.1 Å². The molecule has 2 heterocycles. The van der Waals surface area contributed by atoms with Crippen LogP contribution >= 0.6 is 0 Å². The van der Waals surface area contributed by atoms with Gasteiger partial charge >= 0.3 is 11.8 Å². The van der Waals surface area contributed by atoms with Crippen LogP contribution in [-0.2, 0) is 9.59 Å². The van der Waals surface area contributed by atoms with Crippen molar-refractivity contribution in [1.29, 1.82) is 0 Å². The topological polar surface area (TPSA) is 71.1 Å². The highest BCUT2D eigenvalue weighted by molar-refractivity contribution is 6.39. The molecular formula is C16H21N3O4. The zero-order valence-corrected chi connectivity index (χ0v) is 13.4. The number of likely N-dealkylation sites (tertiary alicyclic amines) is 1. The summed E-state index contributed by atoms with van der Waals surface area (Å²) in [5, 5.41) is 2.62. The van der Waals surface area contributed by atoms with E-state index in [9.17, 15) is 9.59 Å². The predicted octanol–water partition coefficient (Wildman–Crippen LogP) is 0.906. The summed E-state index contributed by atoms with van der Waals surface area (Å²) < 4.78 is 10.5. The number of fused-ring (bicyclic) bond motifs is 1. The van der Waals surface area contributed by atoms with Gasteiger partial charge in [0, 0.05) is 24.8 Å². The van der Waals surface area contributed by atoms with E-state index in [1.807, 2.05) is 0 Å². The molecule has 0 atom stereocenters. The van der Waals surface area contributed by atoms with E-state index in [0.29, 0.717) is 17.2 Å². The third-order valence-corrected chi connectivity index (χ3v) is 4.38. The summed E-state index contributed by atoms with van der Waals surface area (Å²) >= 11 is 0. The lowest BCUT2D eigenvalue weighted by Crippen LogP contribution is -2.47. The number of anilines is 1. The Morgan fingerprint density at radius 2 is 1.91 bits per heavy atom. The lowest BCUT2D eigenvalue weighted by atomic mass is 10.0. The molecule has 0 saturated carbocycles. The molecule has 7 nitrogen and oxygen atoms in total. The maximum absolute atomic E-state index is 12.3. The van der Waals surface area contributed by atoms with Gasteiger partial charge in [-0.2, -0.15) is 0 Å². The first-order chi connectivity index (χ1) is 11.0. The Morgan fingerprint density at radius 3 is 2.65 bits per heavy atom. The second-order valence-electron chi connectivity index (χ2n) is 5.97. The van der Waals surface area contributed by atoms with Crippen molar-refractivity contribution in [3.63, 3.8) is 0 Å². The van der Waals surface area contributed by atoms with Gasteiger partial charge in [-0.25, -0.2) is 0 Å². The molecule has 3 rings (SSSR count). The highest BCUT2D eigenvalue weighted by Crippen LogP contribution is 2.34. The maximum atomic E-state index is 12.3. The lowest BCUT2D eigenvalue weighted by Gasteiger charge is -2.34. The summed E-state index contributed by atoms with van der Waals surface area (Å²) in [5.74, 6) is 0.0548. The molecule has 0 bridgehead atoms. The average molecular weight is 319 g/mol. The molecule has 0 aromatic heterocycles. The Morgan fingerprint density at radius 1 is 1.22 bits per heavy atom. The van der Waals surface area contributed by atoms with Gasteiger partial charge in [-0.15, -0.1) is 0 Å². The Kier molecular flexibility index (Phi) is 4.38. The van der Waals surface area contributed by atoms with Crippen molar-refractivity contribution in [2.75, 3.05) is 39.3 Å². The van der Waals surface area contributed by atoms with Crippen molar-refractivity contribution in [3.05, 3.63) is 18.2 Å². The van der Waals surface area contributed by atoms with E-state index in [-0.39, 0.29) is 12.8 Å². The van der Waals surface area contributed by atoms with Crippen molar-refractivity contribution >= 4 is 17.5 Å². The molecule has 2 aliphatic heterocycles. The Hall–Kier alpha value is -2.28. The van der Waals surface area contributed by atoms with E-state index in [2.05, 4.69) is 17.3 Å². The molecule has 7 heteroatoms. The summed E-state index contributed by atoms with van der Waals surface area (Å²) in [5.41, 5.74) is 0.518. The van der Waals surface area contributed by atoms with E-state index < -0.39 is 11.8 Å². The smallest absolute Gasteiger partial charge is 0.313 e. The first-order valence-electron chi connectivity index (χ1n) is 7.71. The van der Waals surface area contributed by atoms with Gasteiger partial charge in [-0.1, -0.05) is 0 Å². The number of rotatable bonds is 2. The van der Waals surface area contributed by atoms with Crippen LogP contribution in [0.1, 0.15) is 12.8 Å². The summed E-state index contributed by atoms with van der Waals surface area (Å²) in [7, 11) is 3.75. The lowest BCUT2D eigenvalue weighted by molar-refractivity contribution is -0.144. The van der Waals surface area contributed by atoms with Crippen LogP contribution in [0.5, 0.6) is 11.5 Å². The van der Waals surface area contributed by atoms with Gasteiger partial charge in [0.25, 0.3) is 0 Å². The zero-order chi connectivity index (χ0) is 16.4. The molecule has 1 saturated heterocycles. The molecule has 1 aromatic rings. The number of hydrogen-bond acceptors (Lipinski definition) is 5. The van der Waals surface area contributed by atoms with Crippen LogP contribution in [0, 0.1) is 0 Å². The molecular weight excluding hydrogens is 298 g/mol. The van der Waals surface area contributed by atoms with Crippen LogP contribution in [0.25, 0.3) is 0 Å². The molecule has 0 aliphatic carbocycles. The number of piperidine rings is 1. The van der Waals surface area contributed by atoms with Gasteiger partial charge in [0.1, 0.15) is 0 Å². The number of amides is 2. The first-order valence-corrected chi connectivity index (χ1v) is 7.71. The van der Waals surface area contributed by atoms with Gasteiger partial charge in [0.2, 0.25) is 6.79 Å². The number of nitrogens with zero attached hydrogens (tertiary/aromatic N) is 2. The minimum atomic E-state index is -0.634. The third-order valence-electron chi connectivity index (χ3n) is 4.38. The van der Waals surface area contributed by atoms with E-state index in [4.69, 9.17) is 9.47 Å². The van der Waals surface area contributed by atoms with E-state index in [1.54, 1.807) is 30.1 Å². The minimum Gasteiger partial charge on any atom is -0.454 e. The largest absolute Gasteiger partial charge is 0.454 e. The van der Waals surface area contributed by atoms with Gasteiger partial charge in [-0.05, 0) is 45.1 Å². The monoisotopic (exact) mass is 319 g/mol. The second-order valence-corrected chi connectivity index (χ2v) is 5.97. The van der Waals surface area contributed by atoms with Gasteiger partial charge in [0.15, 0.2) is 11.5 Å². The van der Waals surface area contributed by atoms with Crippen LogP contribution in [-0.4, -0.2) is 61.6 Å². The maximum Gasteiger partial charge on any atom is 0.313 e. The Bertz CT molecular complexity index is 611. The van der Waals surface area contributed by atoms with Crippen LogP contribution in [0.3, 0.4) is 0 Å². The summed E-state index contributed by atoms with van der Waals surface area (Å²) in [6.07, 6.45) is 1.77. The van der Waals surface area contributed by atoms with Crippen molar-refractivity contribution in [3.8, 4) is 11.5 Å². The van der Waals surface area contributed by atoms with E-state index in [0.717, 1.165) is 25.9 Å². The molecule has 2 aliphatic rings. The molecule has 124 valence electrons. The molecule has 1 fully saturated rings. The van der Waals surface area contributed by atoms with Crippen LogP contribution in [0.2, 0.25) is 0 Å². The fraction of sp³-hybridized carbons (Fsp3) is 0.500. The number of carbonyl (C=O) groups is 2. The fourth-order valence-corrected chi connectivity index (χ4v) is 2.87. The molecule has 0 unspecified atom stereocenters. The predicted molar refractivity (Wildman–Crippen MR) is 84.5 cm³/mol. The normalized spacial score (nSPS) is 17.8. The van der Waals surface area contributed by atoms with Crippen LogP contribution < -0.4 is 14.8 Å². The Labute approximate surface area is 135 Å². The molecule has 1 N–H and O–H groups in total. The highest BCUT2D eigenvalue weighted by Gasteiger charge is 2.28. The minimum absolute atomic E-state index is 0.112. The number of hydrogen-bond donors (Lipinski definition) is 1. The standard InChI is InChI=1S/C16H21N3O4/c1-18-7-5-12(6-8-18)19(2)16(21)15(20)17-11-3-4-13-14(9-11)23-10-22-13/h3-4,9,12H,5-8,10H2,1-2H3,(H,17,20). The number of ether oxygens (including phenoxy) is 2. The van der Waals surface area contributed by atoms with Gasteiger partial charge < -0.3 is 24.6 Å². The average Bonchev–Trinajstić information content (AvgIpc) is 3.01. The molecule has 0 radical (unpaired) electrons. The zero-order valence-electron chi connectivity index (χ0n) is 13.4. The summed E-state index contributed by atoms with van der Waals surface area (Å²) in [4.78, 5) is 28.3. The fourth-order valence-electron chi connectivity index (χ4n) is 2.87. The molecule has 1 aromatic carbocycles. The van der Waals surface area contributed by atoms with Crippen LogP contribution in [0.15, 0.2) is 18.2 Å². The Balaban J connectivity index is 1.60. The molecule has 0 spiro atoms. The summed E-state index contributed by atoms with van der Waals surface area (Å²) in [6.45, 7) is 2.04. The first kappa shape index (κ1) is 15.6. The van der Waals surface area contributed by atoms with Gasteiger partial charge in [0.05, 0.1) is 0 Å². The second kappa shape index (κ2) is 6.45. The highest BCUT2D eigenvalue weighted by atomic mass is 16.7. The third kappa shape index (κ3) is 3.39. The van der Waals surface area contributed by atoms with Crippen molar-refractivity contribution in [2.24, 2.45) is 0 Å². The molecule has 23 heavy (non-hydrogen) atoms. The number of likely N-dealkylation sites (N-methyl/N-ethyl adjacent to an activating group) is 1. The number of nitrogens with one attached hydrogen (secondary N) is 1.